The Kier molecular flexibility index (Phi) is 4.59. The molecule has 0 fully saturated rings. The summed E-state index contributed by atoms with van der Waals surface area (Å²) in [6.45, 7) is 0. The summed E-state index contributed by atoms with van der Waals surface area (Å²) >= 11 is 0. The van der Waals surface area contributed by atoms with Crippen molar-refractivity contribution in [3.8, 4) is 11.1 Å². The van der Waals surface area contributed by atoms with Crippen LogP contribution in [0, 0.1) is 0 Å². The molecular weight excluding hydrogens is 376 g/mol. The maximum absolute atomic E-state index is 2.30. The first kappa shape index (κ1) is 19.4. The summed E-state index contributed by atoms with van der Waals surface area (Å²) in [7, 11) is 8.35. The highest BCUT2D eigenvalue weighted by Gasteiger charge is 2.45. The first-order chi connectivity index (χ1) is 15.0. The van der Waals surface area contributed by atoms with Gasteiger partial charge < -0.3 is 9.80 Å². The van der Waals surface area contributed by atoms with Gasteiger partial charge in [0.05, 0.1) is 5.41 Å². The fraction of sp³-hybridized carbons (Fsp3) is 0.172. The van der Waals surface area contributed by atoms with Crippen LogP contribution in [-0.4, -0.2) is 28.2 Å². The molecule has 0 atom stereocenters. The van der Waals surface area contributed by atoms with Crippen molar-refractivity contribution in [1.29, 1.82) is 0 Å². The minimum absolute atomic E-state index is 0.330. The van der Waals surface area contributed by atoms with Gasteiger partial charge in [-0.3, -0.25) is 0 Å². The Morgan fingerprint density at radius 2 is 0.806 bits per heavy atom. The standard InChI is InChI=1S/C29H28N2/c1-30(2)23-17-13-21(14-18-23)29(22-15-19-24(20-16-22)31(3)4)27-11-7-5-9-25(27)26-10-6-8-12-28(26)29/h5-20H,1-4H3. The lowest BCUT2D eigenvalue weighted by molar-refractivity contribution is 0.768. The van der Waals surface area contributed by atoms with E-state index < -0.39 is 0 Å². The molecular formula is C29H28N2. The van der Waals surface area contributed by atoms with Crippen LogP contribution in [0.4, 0.5) is 11.4 Å². The summed E-state index contributed by atoms with van der Waals surface area (Å²) in [4.78, 5) is 4.30. The van der Waals surface area contributed by atoms with Crippen LogP contribution in [0.15, 0.2) is 97.1 Å². The molecule has 1 aliphatic rings. The molecule has 0 heterocycles. The molecule has 0 amide bonds. The molecule has 0 spiro atoms. The highest BCUT2D eigenvalue weighted by atomic mass is 15.1. The van der Waals surface area contributed by atoms with Gasteiger partial charge in [0.25, 0.3) is 0 Å². The lowest BCUT2D eigenvalue weighted by Crippen LogP contribution is -2.28. The molecule has 2 nitrogen and oxygen atoms in total. The van der Waals surface area contributed by atoms with Gasteiger partial charge in [-0.25, -0.2) is 0 Å². The summed E-state index contributed by atoms with van der Waals surface area (Å²) in [5, 5.41) is 0. The number of fused-ring (bicyclic) bond motifs is 3. The second-order valence-electron chi connectivity index (χ2n) is 8.72. The third kappa shape index (κ3) is 2.86. The Morgan fingerprint density at radius 3 is 1.16 bits per heavy atom. The van der Waals surface area contributed by atoms with Crippen molar-refractivity contribution in [3.63, 3.8) is 0 Å². The van der Waals surface area contributed by atoms with E-state index in [0.29, 0.717) is 0 Å². The highest BCUT2D eigenvalue weighted by Crippen LogP contribution is 2.56. The first-order valence-corrected chi connectivity index (χ1v) is 10.8. The van der Waals surface area contributed by atoms with E-state index in [1.807, 2.05) is 0 Å². The topological polar surface area (TPSA) is 6.48 Å². The van der Waals surface area contributed by atoms with Crippen molar-refractivity contribution in [1.82, 2.24) is 0 Å². The molecule has 0 N–H and O–H groups in total. The van der Waals surface area contributed by atoms with E-state index in [1.54, 1.807) is 0 Å². The summed E-state index contributed by atoms with van der Waals surface area (Å²) in [5.74, 6) is 0. The van der Waals surface area contributed by atoms with Crippen molar-refractivity contribution < 1.29 is 0 Å². The molecule has 1 aliphatic carbocycles. The van der Waals surface area contributed by atoms with E-state index in [2.05, 4.69) is 135 Å². The fourth-order valence-corrected chi connectivity index (χ4v) is 5.04. The van der Waals surface area contributed by atoms with Crippen LogP contribution in [0.25, 0.3) is 11.1 Å². The molecule has 0 aliphatic heterocycles. The van der Waals surface area contributed by atoms with Crippen molar-refractivity contribution in [2.45, 2.75) is 5.41 Å². The van der Waals surface area contributed by atoms with Gasteiger partial charge in [0.15, 0.2) is 0 Å². The van der Waals surface area contributed by atoms with E-state index in [4.69, 9.17) is 0 Å². The largest absolute Gasteiger partial charge is 0.378 e. The Balaban J connectivity index is 1.84. The van der Waals surface area contributed by atoms with Crippen LogP contribution in [0.5, 0.6) is 0 Å². The third-order valence-electron chi connectivity index (χ3n) is 6.59. The number of benzene rings is 4. The SMILES string of the molecule is CN(C)c1ccc(C2(c3ccc(N(C)C)cc3)c3ccccc3-c3ccccc32)cc1. The van der Waals surface area contributed by atoms with Gasteiger partial charge in [-0.2, -0.15) is 0 Å². The van der Waals surface area contributed by atoms with Crippen LogP contribution >= 0.6 is 0 Å². The summed E-state index contributed by atoms with van der Waals surface area (Å²) < 4.78 is 0. The molecule has 5 rings (SSSR count). The predicted molar refractivity (Wildman–Crippen MR) is 132 cm³/mol. The molecule has 0 saturated heterocycles. The minimum Gasteiger partial charge on any atom is -0.378 e. The van der Waals surface area contributed by atoms with E-state index in [1.165, 1.54) is 44.8 Å². The lowest BCUT2D eigenvalue weighted by atomic mass is 9.67. The summed E-state index contributed by atoms with van der Waals surface area (Å²) in [5.41, 5.74) is 10.0. The molecule has 0 aromatic heterocycles. The second-order valence-corrected chi connectivity index (χ2v) is 8.72. The number of nitrogens with zero attached hydrogens (tertiary/aromatic N) is 2. The van der Waals surface area contributed by atoms with Gasteiger partial charge in [-0.15, -0.1) is 0 Å². The average Bonchev–Trinajstić information content (AvgIpc) is 3.11. The summed E-state index contributed by atoms with van der Waals surface area (Å²) in [6.07, 6.45) is 0. The number of rotatable bonds is 4. The fourth-order valence-electron chi connectivity index (χ4n) is 5.04. The van der Waals surface area contributed by atoms with Crippen LogP contribution in [-0.2, 0) is 5.41 Å². The maximum Gasteiger partial charge on any atom is 0.0713 e. The number of anilines is 2. The smallest absolute Gasteiger partial charge is 0.0713 e. The Labute approximate surface area is 185 Å². The van der Waals surface area contributed by atoms with Crippen LogP contribution in [0.3, 0.4) is 0 Å². The van der Waals surface area contributed by atoms with E-state index >= 15 is 0 Å². The predicted octanol–water partition coefficient (Wildman–Crippen LogP) is 6.18. The van der Waals surface area contributed by atoms with Crippen LogP contribution in [0.2, 0.25) is 0 Å². The lowest BCUT2D eigenvalue weighted by Gasteiger charge is -2.34. The maximum atomic E-state index is 2.30. The summed E-state index contributed by atoms with van der Waals surface area (Å²) in [6, 6.07) is 35.9. The molecule has 0 bridgehead atoms. The molecule has 4 aromatic rings. The molecule has 0 radical (unpaired) electrons. The quantitative estimate of drug-likeness (QED) is 0.353. The molecule has 4 aromatic carbocycles. The van der Waals surface area contributed by atoms with Gasteiger partial charge in [-0.1, -0.05) is 72.8 Å². The normalized spacial score (nSPS) is 13.4. The van der Waals surface area contributed by atoms with Gasteiger partial charge in [0.2, 0.25) is 0 Å². The van der Waals surface area contributed by atoms with E-state index in [0.717, 1.165) is 0 Å². The zero-order valence-electron chi connectivity index (χ0n) is 18.6. The highest BCUT2D eigenvalue weighted by molar-refractivity contribution is 5.86. The van der Waals surface area contributed by atoms with E-state index in [-0.39, 0.29) is 5.41 Å². The molecule has 154 valence electrons. The van der Waals surface area contributed by atoms with Gasteiger partial charge in [0, 0.05) is 39.6 Å². The Hall–Kier alpha value is -3.52. The number of hydrogen-bond donors (Lipinski definition) is 0. The zero-order chi connectivity index (χ0) is 21.6. The van der Waals surface area contributed by atoms with Crippen molar-refractivity contribution in [2.75, 3.05) is 38.0 Å². The van der Waals surface area contributed by atoms with Crippen LogP contribution in [0.1, 0.15) is 22.3 Å². The van der Waals surface area contributed by atoms with E-state index in [9.17, 15) is 0 Å². The van der Waals surface area contributed by atoms with Crippen molar-refractivity contribution >= 4 is 11.4 Å². The monoisotopic (exact) mass is 404 g/mol. The third-order valence-corrected chi connectivity index (χ3v) is 6.59. The van der Waals surface area contributed by atoms with Gasteiger partial charge in [0.1, 0.15) is 0 Å². The minimum atomic E-state index is -0.330. The zero-order valence-corrected chi connectivity index (χ0v) is 18.6. The Morgan fingerprint density at radius 1 is 0.452 bits per heavy atom. The number of hydrogen-bond acceptors (Lipinski definition) is 2. The second kappa shape index (κ2) is 7.31. The van der Waals surface area contributed by atoms with Gasteiger partial charge in [-0.05, 0) is 57.6 Å². The molecule has 0 saturated carbocycles. The average molecular weight is 405 g/mol. The first-order valence-electron chi connectivity index (χ1n) is 10.8. The van der Waals surface area contributed by atoms with Crippen molar-refractivity contribution in [3.05, 3.63) is 119 Å². The van der Waals surface area contributed by atoms with Crippen molar-refractivity contribution in [2.24, 2.45) is 0 Å². The molecule has 2 heteroatoms. The Bertz CT molecular complexity index is 1120. The van der Waals surface area contributed by atoms with Gasteiger partial charge >= 0.3 is 0 Å². The molecule has 31 heavy (non-hydrogen) atoms. The molecule has 0 unspecified atom stereocenters. The van der Waals surface area contributed by atoms with Crippen LogP contribution < -0.4 is 9.80 Å².